The van der Waals surface area contributed by atoms with Crippen LogP contribution in [0.5, 0.6) is 5.75 Å². The summed E-state index contributed by atoms with van der Waals surface area (Å²) >= 11 is 1.37. The van der Waals surface area contributed by atoms with Crippen LogP contribution >= 0.6 is 11.3 Å². The number of aryl methyl sites for hydroxylation is 2. The number of aliphatic hydroxyl groups is 1. The smallest absolute Gasteiger partial charge is 0.301 e. The van der Waals surface area contributed by atoms with Crippen molar-refractivity contribution in [3.63, 3.8) is 0 Å². The zero-order valence-electron chi connectivity index (χ0n) is 20.8. The number of carbonyl (C=O) groups is 2. The van der Waals surface area contributed by atoms with Gasteiger partial charge in [-0.15, -0.1) is 0 Å². The molecule has 1 fully saturated rings. The van der Waals surface area contributed by atoms with E-state index in [1.54, 1.807) is 6.07 Å². The van der Waals surface area contributed by atoms with E-state index in [4.69, 9.17) is 9.72 Å². The molecule has 6 nitrogen and oxygen atoms in total. The van der Waals surface area contributed by atoms with Crippen LogP contribution in [-0.4, -0.2) is 27.9 Å². The molecular formula is C30H26N2O4S. The number of thiazole rings is 1. The van der Waals surface area contributed by atoms with Gasteiger partial charge in [-0.1, -0.05) is 48.6 Å². The van der Waals surface area contributed by atoms with Crippen molar-refractivity contribution in [3.8, 4) is 5.75 Å². The molecule has 4 aromatic rings. The Morgan fingerprint density at radius 3 is 2.65 bits per heavy atom. The van der Waals surface area contributed by atoms with Gasteiger partial charge in [-0.05, 0) is 72.9 Å². The number of amides is 1. The topological polar surface area (TPSA) is 79.7 Å². The highest BCUT2D eigenvalue weighted by Crippen LogP contribution is 2.45. The number of fused-ring (bicyclic) bond motifs is 2. The fourth-order valence-electron chi connectivity index (χ4n) is 5.13. The van der Waals surface area contributed by atoms with Gasteiger partial charge in [0, 0.05) is 12.0 Å². The lowest BCUT2D eigenvalue weighted by atomic mass is 9.94. The molecule has 1 aromatic heterocycles. The van der Waals surface area contributed by atoms with Crippen LogP contribution < -0.4 is 9.64 Å². The van der Waals surface area contributed by atoms with Gasteiger partial charge in [0.15, 0.2) is 5.13 Å². The Bertz CT molecular complexity index is 1600. The van der Waals surface area contributed by atoms with Crippen molar-refractivity contribution in [2.45, 2.75) is 45.8 Å². The molecule has 37 heavy (non-hydrogen) atoms. The normalized spacial score (nSPS) is 20.5. The van der Waals surface area contributed by atoms with Crippen molar-refractivity contribution in [3.05, 3.63) is 94.1 Å². The molecule has 1 amide bonds. The van der Waals surface area contributed by atoms with E-state index >= 15 is 0 Å². The molecule has 0 unspecified atom stereocenters. The molecule has 3 heterocycles. The van der Waals surface area contributed by atoms with Gasteiger partial charge in [0.25, 0.3) is 5.78 Å². The highest BCUT2D eigenvalue weighted by Gasteiger charge is 2.48. The van der Waals surface area contributed by atoms with Crippen molar-refractivity contribution in [1.82, 2.24) is 4.98 Å². The summed E-state index contributed by atoms with van der Waals surface area (Å²) in [6.07, 6.45) is 1.64. The Labute approximate surface area is 218 Å². The molecule has 2 atom stereocenters. The first-order chi connectivity index (χ1) is 17.8. The van der Waals surface area contributed by atoms with Gasteiger partial charge in [0.1, 0.15) is 17.6 Å². The van der Waals surface area contributed by atoms with Gasteiger partial charge in [-0.25, -0.2) is 4.98 Å². The number of aliphatic hydroxyl groups excluding tert-OH is 1. The minimum absolute atomic E-state index is 0.0535. The molecule has 186 valence electrons. The number of aromatic nitrogens is 1. The standard InChI is InChI=1S/C30H26N2O4S/c1-4-18-6-8-19(9-7-18)26-25(27(33)20-10-12-23-21(15-20)14-17(3)36-23)28(34)29(35)32(26)30-31-22-11-5-16(2)13-24(22)37-30/h5-13,15,17,26,33H,4,14H2,1-3H3/b27-25+/t17-,26+/m0/s1. The molecule has 0 bridgehead atoms. The van der Waals surface area contributed by atoms with Gasteiger partial charge >= 0.3 is 5.91 Å². The monoisotopic (exact) mass is 510 g/mol. The van der Waals surface area contributed by atoms with Crippen LogP contribution in [-0.2, 0) is 22.4 Å². The van der Waals surface area contributed by atoms with Crippen LogP contribution in [0, 0.1) is 6.92 Å². The number of hydrogen-bond acceptors (Lipinski definition) is 6. The summed E-state index contributed by atoms with van der Waals surface area (Å²) in [7, 11) is 0. The SMILES string of the molecule is CCc1ccc([C@@H]2/C(=C(\O)c3ccc4c(c3)C[C@H](C)O4)C(=O)C(=O)N2c2nc3ccc(C)cc3s2)cc1. The maximum absolute atomic E-state index is 13.5. The fraction of sp³-hybridized carbons (Fsp3) is 0.233. The molecular weight excluding hydrogens is 484 g/mol. The van der Waals surface area contributed by atoms with Crippen LogP contribution in [0.4, 0.5) is 5.13 Å². The van der Waals surface area contributed by atoms with Crippen LogP contribution in [0.15, 0.2) is 66.2 Å². The van der Waals surface area contributed by atoms with Gasteiger partial charge < -0.3 is 9.84 Å². The number of benzene rings is 3. The van der Waals surface area contributed by atoms with Gasteiger partial charge in [0.05, 0.1) is 21.8 Å². The zero-order valence-corrected chi connectivity index (χ0v) is 21.6. The lowest BCUT2D eigenvalue weighted by Crippen LogP contribution is -2.29. The van der Waals surface area contributed by atoms with Crippen LogP contribution in [0.1, 0.15) is 47.7 Å². The van der Waals surface area contributed by atoms with Crippen molar-refractivity contribution >= 4 is 44.1 Å². The maximum atomic E-state index is 13.5. The molecule has 2 aliphatic heterocycles. The van der Waals surface area contributed by atoms with Crippen molar-refractivity contribution in [2.24, 2.45) is 0 Å². The summed E-state index contributed by atoms with van der Waals surface area (Å²) in [6, 6.07) is 18.3. The molecule has 6 rings (SSSR count). The number of anilines is 1. The highest BCUT2D eigenvalue weighted by molar-refractivity contribution is 7.22. The van der Waals surface area contributed by atoms with Gasteiger partial charge in [-0.2, -0.15) is 0 Å². The second-order valence-electron chi connectivity index (χ2n) is 9.69. The third-order valence-corrected chi connectivity index (χ3v) is 8.07. The number of ketones is 1. The first-order valence-electron chi connectivity index (χ1n) is 12.4. The van der Waals surface area contributed by atoms with Crippen molar-refractivity contribution in [1.29, 1.82) is 0 Å². The maximum Gasteiger partial charge on any atom is 0.301 e. The molecule has 1 saturated heterocycles. The van der Waals surface area contributed by atoms with Gasteiger partial charge in [-0.3, -0.25) is 14.5 Å². The summed E-state index contributed by atoms with van der Waals surface area (Å²) in [5.74, 6) is -0.826. The Kier molecular flexibility index (Phi) is 5.60. The van der Waals surface area contributed by atoms with Crippen molar-refractivity contribution in [2.75, 3.05) is 4.90 Å². The highest BCUT2D eigenvalue weighted by atomic mass is 32.1. The number of Topliss-reactive ketones (excluding diaryl/α,β-unsaturated/α-hetero) is 1. The Hall–Kier alpha value is -3.97. The predicted octanol–water partition coefficient (Wildman–Crippen LogP) is 6.12. The predicted molar refractivity (Wildman–Crippen MR) is 145 cm³/mol. The van der Waals surface area contributed by atoms with Crippen LogP contribution in [0.25, 0.3) is 16.0 Å². The second-order valence-corrected chi connectivity index (χ2v) is 10.7. The number of hydrogen-bond donors (Lipinski definition) is 1. The summed E-state index contributed by atoms with van der Waals surface area (Å²) in [6.45, 7) is 6.07. The first kappa shape index (κ1) is 23.4. The molecule has 0 saturated carbocycles. The average Bonchev–Trinajstić information content (AvgIpc) is 3.55. The van der Waals surface area contributed by atoms with E-state index < -0.39 is 17.7 Å². The zero-order chi connectivity index (χ0) is 25.8. The molecule has 1 N–H and O–H groups in total. The second kappa shape index (κ2) is 8.85. The van der Waals surface area contributed by atoms with E-state index in [0.29, 0.717) is 10.7 Å². The molecule has 0 spiro atoms. The van der Waals surface area contributed by atoms with Crippen molar-refractivity contribution < 1.29 is 19.4 Å². The average molecular weight is 511 g/mol. The van der Waals surface area contributed by atoms with E-state index in [1.807, 2.05) is 68.4 Å². The van der Waals surface area contributed by atoms with Crippen LogP contribution in [0.2, 0.25) is 0 Å². The third-order valence-electron chi connectivity index (χ3n) is 7.06. The Morgan fingerprint density at radius 1 is 1.11 bits per heavy atom. The molecule has 2 aliphatic rings. The number of nitrogens with zero attached hydrogens (tertiary/aromatic N) is 2. The summed E-state index contributed by atoms with van der Waals surface area (Å²) < 4.78 is 6.73. The minimum atomic E-state index is -0.795. The van der Waals surface area contributed by atoms with E-state index in [9.17, 15) is 14.7 Å². The largest absolute Gasteiger partial charge is 0.507 e. The molecule has 0 radical (unpaired) electrons. The minimum Gasteiger partial charge on any atom is -0.507 e. The molecule has 3 aromatic carbocycles. The lowest BCUT2D eigenvalue weighted by Gasteiger charge is -2.23. The summed E-state index contributed by atoms with van der Waals surface area (Å²) in [5.41, 5.74) is 5.26. The van der Waals surface area contributed by atoms with E-state index in [2.05, 4.69) is 6.92 Å². The quantitative estimate of drug-likeness (QED) is 0.203. The summed E-state index contributed by atoms with van der Waals surface area (Å²) in [4.78, 5) is 33.2. The van der Waals surface area contributed by atoms with Crippen LogP contribution in [0.3, 0.4) is 0 Å². The lowest BCUT2D eigenvalue weighted by molar-refractivity contribution is -0.132. The first-order valence-corrected chi connectivity index (χ1v) is 13.2. The molecule has 7 heteroatoms. The van der Waals surface area contributed by atoms with E-state index in [1.165, 1.54) is 16.2 Å². The number of ether oxygens (including phenoxy) is 1. The van der Waals surface area contributed by atoms with E-state index in [-0.39, 0.29) is 17.4 Å². The Balaban J connectivity index is 1.53. The fourth-order valence-corrected chi connectivity index (χ4v) is 6.22. The van der Waals surface area contributed by atoms with E-state index in [0.717, 1.165) is 51.1 Å². The number of carbonyl (C=O) groups excluding carboxylic acids is 2. The third kappa shape index (κ3) is 3.90. The Morgan fingerprint density at radius 2 is 1.89 bits per heavy atom. The number of rotatable bonds is 4. The summed E-state index contributed by atoms with van der Waals surface area (Å²) in [5, 5.41) is 11.9. The van der Waals surface area contributed by atoms with Gasteiger partial charge in [0.2, 0.25) is 0 Å². The molecule has 0 aliphatic carbocycles.